The normalized spacial score (nSPS) is 20.6. The quantitative estimate of drug-likeness (QED) is 0.799. The number of hydrogen-bond donors (Lipinski definition) is 2. The molecule has 0 radical (unpaired) electrons. The molecule has 1 saturated heterocycles. The smallest absolute Gasteiger partial charge is 0.237 e. The first kappa shape index (κ1) is 16.8. The highest BCUT2D eigenvalue weighted by atomic mass is 16.5. The largest absolute Gasteiger partial charge is 0.497 e. The molecule has 1 atom stereocenters. The van der Waals surface area contributed by atoms with Crippen LogP contribution in [0.15, 0.2) is 24.3 Å². The third kappa shape index (κ3) is 4.47. The van der Waals surface area contributed by atoms with Gasteiger partial charge in [0.1, 0.15) is 5.75 Å². The van der Waals surface area contributed by atoms with Gasteiger partial charge >= 0.3 is 0 Å². The van der Waals surface area contributed by atoms with Gasteiger partial charge in [-0.3, -0.25) is 14.5 Å². The van der Waals surface area contributed by atoms with E-state index in [0.717, 1.165) is 43.7 Å². The van der Waals surface area contributed by atoms with Crippen LogP contribution in [0.4, 0.5) is 5.69 Å². The van der Waals surface area contributed by atoms with Gasteiger partial charge in [0.05, 0.1) is 13.2 Å². The lowest BCUT2D eigenvalue weighted by molar-refractivity contribution is -0.126. The molecule has 1 aliphatic heterocycles. The molecule has 1 aromatic rings. The summed E-state index contributed by atoms with van der Waals surface area (Å²) in [6, 6.07) is 7.58. The number of nitrogens with zero attached hydrogens (tertiary/aromatic N) is 1. The minimum absolute atomic E-state index is 0.0339. The lowest BCUT2D eigenvalue weighted by Gasteiger charge is -2.23. The van der Waals surface area contributed by atoms with E-state index in [0.29, 0.717) is 19.0 Å². The Morgan fingerprint density at radius 2 is 1.96 bits per heavy atom. The van der Waals surface area contributed by atoms with Crippen molar-refractivity contribution in [1.29, 1.82) is 0 Å². The molecule has 24 heavy (non-hydrogen) atoms. The molecule has 6 heteroatoms. The number of amides is 2. The average molecular weight is 331 g/mol. The Kier molecular flexibility index (Phi) is 5.35. The van der Waals surface area contributed by atoms with E-state index >= 15 is 0 Å². The molecule has 6 nitrogen and oxygen atoms in total. The summed E-state index contributed by atoms with van der Waals surface area (Å²) in [7, 11) is 1.61. The monoisotopic (exact) mass is 331 g/mol. The number of ether oxygens (including phenoxy) is 1. The van der Waals surface area contributed by atoms with E-state index in [1.165, 1.54) is 0 Å². The van der Waals surface area contributed by atoms with Crippen molar-refractivity contribution in [2.45, 2.75) is 44.2 Å². The number of anilines is 1. The third-order valence-electron chi connectivity index (χ3n) is 4.59. The van der Waals surface area contributed by atoms with E-state index in [1.54, 1.807) is 7.11 Å². The Hall–Kier alpha value is -2.08. The van der Waals surface area contributed by atoms with E-state index < -0.39 is 0 Å². The minimum Gasteiger partial charge on any atom is -0.497 e. The average Bonchev–Trinajstić information content (AvgIpc) is 3.27. The zero-order valence-corrected chi connectivity index (χ0v) is 14.1. The Morgan fingerprint density at radius 1 is 1.21 bits per heavy atom. The summed E-state index contributed by atoms with van der Waals surface area (Å²) >= 11 is 0. The minimum atomic E-state index is -0.0700. The van der Waals surface area contributed by atoms with Crippen LogP contribution in [0.2, 0.25) is 0 Å². The van der Waals surface area contributed by atoms with Crippen LogP contribution < -0.4 is 15.4 Å². The van der Waals surface area contributed by atoms with Gasteiger partial charge in [-0.05, 0) is 56.5 Å². The lowest BCUT2D eigenvalue weighted by atomic mass is 10.2. The summed E-state index contributed by atoms with van der Waals surface area (Å²) in [6.07, 6.45) is 4.49. The standard InChI is InChI=1S/C18H25N3O3/c1-24-15-8-6-13(7-9-15)19-17(22)10-12-21-11-2-3-16(21)18(23)20-14-4-5-14/h6-9,14,16H,2-5,10-12H2,1H3,(H,19,22)(H,20,23)/t16-/m1/s1. The summed E-state index contributed by atoms with van der Waals surface area (Å²) in [6.45, 7) is 1.50. The molecule has 130 valence electrons. The number of benzene rings is 1. The molecular formula is C18H25N3O3. The Bertz CT molecular complexity index is 584. The van der Waals surface area contributed by atoms with Crippen LogP contribution in [-0.2, 0) is 9.59 Å². The Balaban J connectivity index is 1.44. The second-order valence-electron chi connectivity index (χ2n) is 6.50. The van der Waals surface area contributed by atoms with Crippen molar-refractivity contribution in [1.82, 2.24) is 10.2 Å². The number of hydrogen-bond acceptors (Lipinski definition) is 4. The first-order valence-electron chi connectivity index (χ1n) is 8.64. The van der Waals surface area contributed by atoms with Gasteiger partial charge in [0.2, 0.25) is 11.8 Å². The molecule has 0 spiro atoms. The van der Waals surface area contributed by atoms with Crippen LogP contribution in [0.25, 0.3) is 0 Å². The number of carbonyl (C=O) groups excluding carboxylic acids is 2. The van der Waals surface area contributed by atoms with Gasteiger partial charge in [-0.1, -0.05) is 0 Å². The SMILES string of the molecule is COc1ccc(NC(=O)CCN2CCC[C@@H]2C(=O)NC2CC2)cc1. The maximum absolute atomic E-state index is 12.2. The summed E-state index contributed by atoms with van der Waals surface area (Å²) < 4.78 is 5.10. The highest BCUT2D eigenvalue weighted by Gasteiger charge is 2.33. The van der Waals surface area contributed by atoms with Crippen LogP contribution >= 0.6 is 0 Å². The van der Waals surface area contributed by atoms with Gasteiger partial charge in [-0.2, -0.15) is 0 Å². The maximum Gasteiger partial charge on any atom is 0.237 e. The topological polar surface area (TPSA) is 70.7 Å². The highest BCUT2D eigenvalue weighted by Crippen LogP contribution is 2.22. The van der Waals surface area contributed by atoms with Gasteiger partial charge in [-0.25, -0.2) is 0 Å². The lowest BCUT2D eigenvalue weighted by Crippen LogP contribution is -2.44. The molecule has 2 N–H and O–H groups in total. The zero-order chi connectivity index (χ0) is 16.9. The second-order valence-corrected chi connectivity index (χ2v) is 6.50. The molecule has 0 aromatic heterocycles. The summed E-state index contributed by atoms with van der Waals surface area (Å²) in [5.74, 6) is 0.855. The van der Waals surface area contributed by atoms with Gasteiger partial charge in [0, 0.05) is 24.7 Å². The fourth-order valence-electron chi connectivity index (χ4n) is 3.06. The van der Waals surface area contributed by atoms with Crippen molar-refractivity contribution in [3.05, 3.63) is 24.3 Å². The van der Waals surface area contributed by atoms with Crippen molar-refractivity contribution >= 4 is 17.5 Å². The molecule has 1 saturated carbocycles. The number of carbonyl (C=O) groups is 2. The number of likely N-dealkylation sites (tertiary alicyclic amines) is 1. The van der Waals surface area contributed by atoms with E-state index in [2.05, 4.69) is 15.5 Å². The number of rotatable bonds is 7. The first-order valence-corrected chi connectivity index (χ1v) is 8.64. The summed E-state index contributed by atoms with van der Waals surface area (Å²) in [4.78, 5) is 26.5. The maximum atomic E-state index is 12.2. The van der Waals surface area contributed by atoms with Crippen LogP contribution in [0.3, 0.4) is 0 Å². The predicted molar refractivity (Wildman–Crippen MR) is 92.0 cm³/mol. The number of nitrogens with one attached hydrogen (secondary N) is 2. The van der Waals surface area contributed by atoms with E-state index in [-0.39, 0.29) is 17.9 Å². The molecule has 2 amide bonds. The summed E-state index contributed by atoms with van der Waals surface area (Å²) in [5, 5.41) is 5.95. The van der Waals surface area contributed by atoms with Crippen LogP contribution in [0, 0.1) is 0 Å². The fraction of sp³-hybridized carbons (Fsp3) is 0.556. The molecule has 0 unspecified atom stereocenters. The molecular weight excluding hydrogens is 306 g/mol. The van der Waals surface area contributed by atoms with Crippen molar-refractivity contribution in [2.24, 2.45) is 0 Å². The van der Waals surface area contributed by atoms with Crippen molar-refractivity contribution in [3.8, 4) is 5.75 Å². The molecule has 0 bridgehead atoms. The van der Waals surface area contributed by atoms with Crippen molar-refractivity contribution in [2.75, 3.05) is 25.5 Å². The van der Waals surface area contributed by atoms with Crippen molar-refractivity contribution < 1.29 is 14.3 Å². The van der Waals surface area contributed by atoms with Gasteiger partial charge < -0.3 is 15.4 Å². The molecule has 2 fully saturated rings. The fourth-order valence-corrected chi connectivity index (χ4v) is 3.06. The molecule has 1 aromatic carbocycles. The van der Waals surface area contributed by atoms with Crippen LogP contribution in [-0.4, -0.2) is 49.0 Å². The summed E-state index contributed by atoms with van der Waals surface area (Å²) in [5.41, 5.74) is 0.755. The number of methoxy groups -OCH3 is 1. The molecule has 3 rings (SSSR count). The highest BCUT2D eigenvalue weighted by molar-refractivity contribution is 5.91. The van der Waals surface area contributed by atoms with Gasteiger partial charge in [-0.15, -0.1) is 0 Å². The second kappa shape index (κ2) is 7.66. The van der Waals surface area contributed by atoms with E-state index in [1.807, 2.05) is 24.3 Å². The van der Waals surface area contributed by atoms with Crippen LogP contribution in [0.1, 0.15) is 32.1 Å². The van der Waals surface area contributed by atoms with Crippen molar-refractivity contribution in [3.63, 3.8) is 0 Å². The molecule has 1 heterocycles. The van der Waals surface area contributed by atoms with Gasteiger partial charge in [0.15, 0.2) is 0 Å². The first-order chi connectivity index (χ1) is 11.7. The zero-order valence-electron chi connectivity index (χ0n) is 14.1. The van der Waals surface area contributed by atoms with Crippen LogP contribution in [0.5, 0.6) is 5.75 Å². The molecule has 1 aliphatic carbocycles. The van der Waals surface area contributed by atoms with E-state index in [4.69, 9.17) is 4.74 Å². The Labute approximate surface area is 142 Å². The predicted octanol–water partition coefficient (Wildman–Crippen LogP) is 1.77. The molecule has 2 aliphatic rings. The van der Waals surface area contributed by atoms with Gasteiger partial charge in [0.25, 0.3) is 0 Å². The third-order valence-corrected chi connectivity index (χ3v) is 4.59. The van der Waals surface area contributed by atoms with E-state index in [9.17, 15) is 9.59 Å². The Morgan fingerprint density at radius 3 is 2.62 bits per heavy atom.